The summed E-state index contributed by atoms with van der Waals surface area (Å²) in [5.41, 5.74) is 6.25. The van der Waals surface area contributed by atoms with Gasteiger partial charge in [0.15, 0.2) is 5.82 Å². The van der Waals surface area contributed by atoms with Gasteiger partial charge in [0.2, 0.25) is 0 Å². The molecule has 0 saturated heterocycles. The molecular formula is C11H20N4. The fraction of sp³-hybridized carbons (Fsp3) is 0.818. The number of aromatic nitrogens is 3. The fourth-order valence-electron chi connectivity index (χ4n) is 2.24. The van der Waals surface area contributed by atoms with E-state index in [2.05, 4.69) is 29.0 Å². The van der Waals surface area contributed by atoms with Gasteiger partial charge in [-0.25, -0.2) is 4.98 Å². The van der Waals surface area contributed by atoms with Crippen molar-refractivity contribution in [3.63, 3.8) is 0 Å². The molecule has 0 bridgehead atoms. The van der Waals surface area contributed by atoms with Gasteiger partial charge in [-0.2, -0.15) is 5.10 Å². The molecule has 2 rings (SSSR count). The maximum Gasteiger partial charge on any atom is 0.153 e. The highest BCUT2D eigenvalue weighted by Gasteiger charge is 2.30. The largest absolute Gasteiger partial charge is 0.325 e. The van der Waals surface area contributed by atoms with Crippen molar-refractivity contribution in [2.24, 2.45) is 5.73 Å². The SMILES string of the molecule is CC(C)c1n[nH]c(CC2(N)CCCC2)n1. The lowest BCUT2D eigenvalue weighted by Crippen LogP contribution is -2.39. The minimum atomic E-state index is -0.0339. The Bertz CT molecular complexity index is 323. The Hall–Kier alpha value is -0.900. The van der Waals surface area contributed by atoms with E-state index in [4.69, 9.17) is 5.73 Å². The molecule has 84 valence electrons. The van der Waals surface area contributed by atoms with Crippen LogP contribution in [-0.2, 0) is 6.42 Å². The second-order valence-electron chi connectivity index (χ2n) is 5.04. The van der Waals surface area contributed by atoms with Crippen LogP contribution < -0.4 is 5.73 Å². The topological polar surface area (TPSA) is 67.6 Å². The maximum atomic E-state index is 6.29. The molecule has 1 aromatic heterocycles. The van der Waals surface area contributed by atoms with E-state index >= 15 is 0 Å². The Kier molecular flexibility index (Phi) is 2.78. The highest BCUT2D eigenvalue weighted by molar-refractivity contribution is 5.02. The standard InChI is InChI=1S/C11H20N4/c1-8(2)10-13-9(14-15-10)7-11(12)5-3-4-6-11/h8H,3-7,12H2,1-2H3,(H,13,14,15). The van der Waals surface area contributed by atoms with E-state index in [0.717, 1.165) is 30.9 Å². The molecule has 1 aliphatic rings. The van der Waals surface area contributed by atoms with E-state index in [-0.39, 0.29) is 5.54 Å². The van der Waals surface area contributed by atoms with Gasteiger partial charge in [-0.15, -0.1) is 0 Å². The summed E-state index contributed by atoms with van der Waals surface area (Å²) < 4.78 is 0. The first-order valence-corrected chi connectivity index (χ1v) is 5.79. The van der Waals surface area contributed by atoms with E-state index < -0.39 is 0 Å². The summed E-state index contributed by atoms with van der Waals surface area (Å²) in [6, 6.07) is 0. The zero-order chi connectivity index (χ0) is 10.9. The van der Waals surface area contributed by atoms with E-state index in [1.807, 2.05) is 0 Å². The summed E-state index contributed by atoms with van der Waals surface area (Å²) in [6.45, 7) is 4.20. The molecule has 1 fully saturated rings. The van der Waals surface area contributed by atoms with Crippen LogP contribution in [0.1, 0.15) is 57.1 Å². The quantitative estimate of drug-likeness (QED) is 0.795. The van der Waals surface area contributed by atoms with Crippen LogP contribution in [0.2, 0.25) is 0 Å². The van der Waals surface area contributed by atoms with E-state index in [0.29, 0.717) is 5.92 Å². The Balaban J connectivity index is 2.04. The van der Waals surface area contributed by atoms with Gasteiger partial charge in [0, 0.05) is 17.9 Å². The molecule has 1 saturated carbocycles. The van der Waals surface area contributed by atoms with Crippen LogP contribution in [0.25, 0.3) is 0 Å². The van der Waals surface area contributed by atoms with Crippen LogP contribution in [0.15, 0.2) is 0 Å². The van der Waals surface area contributed by atoms with Crippen molar-refractivity contribution in [3.8, 4) is 0 Å². The minimum absolute atomic E-state index is 0.0339. The van der Waals surface area contributed by atoms with E-state index in [1.165, 1.54) is 12.8 Å². The Morgan fingerprint density at radius 2 is 2.07 bits per heavy atom. The van der Waals surface area contributed by atoms with Crippen molar-refractivity contribution < 1.29 is 0 Å². The van der Waals surface area contributed by atoms with Crippen LogP contribution >= 0.6 is 0 Å². The van der Waals surface area contributed by atoms with Gasteiger partial charge >= 0.3 is 0 Å². The summed E-state index contributed by atoms with van der Waals surface area (Å²) in [5, 5.41) is 7.20. The average Bonchev–Trinajstić information content (AvgIpc) is 2.75. The molecule has 0 spiro atoms. The molecule has 1 heterocycles. The zero-order valence-corrected chi connectivity index (χ0v) is 9.58. The number of nitrogens with two attached hydrogens (primary N) is 1. The number of hydrogen-bond donors (Lipinski definition) is 2. The number of hydrogen-bond acceptors (Lipinski definition) is 3. The summed E-state index contributed by atoms with van der Waals surface area (Å²) in [4.78, 5) is 4.47. The van der Waals surface area contributed by atoms with Crippen molar-refractivity contribution in [1.29, 1.82) is 0 Å². The smallest absolute Gasteiger partial charge is 0.153 e. The highest BCUT2D eigenvalue weighted by Crippen LogP contribution is 2.29. The number of rotatable bonds is 3. The third-order valence-electron chi connectivity index (χ3n) is 3.18. The second-order valence-corrected chi connectivity index (χ2v) is 5.04. The molecule has 1 aromatic rings. The number of aromatic amines is 1. The summed E-state index contributed by atoms with van der Waals surface area (Å²) in [5.74, 6) is 2.22. The molecule has 0 unspecified atom stereocenters. The summed E-state index contributed by atoms with van der Waals surface area (Å²) >= 11 is 0. The van der Waals surface area contributed by atoms with Crippen molar-refractivity contribution in [2.45, 2.75) is 57.4 Å². The van der Waals surface area contributed by atoms with E-state index in [9.17, 15) is 0 Å². The first kappa shape index (κ1) is 10.6. The van der Waals surface area contributed by atoms with Gasteiger partial charge in [-0.3, -0.25) is 5.10 Å². The third kappa shape index (κ3) is 2.37. The molecule has 0 radical (unpaired) electrons. The fourth-order valence-corrected chi connectivity index (χ4v) is 2.24. The highest BCUT2D eigenvalue weighted by atomic mass is 15.2. The normalized spacial score (nSPS) is 20.0. The van der Waals surface area contributed by atoms with Crippen molar-refractivity contribution in [3.05, 3.63) is 11.6 Å². The zero-order valence-electron chi connectivity index (χ0n) is 9.58. The van der Waals surface area contributed by atoms with Gasteiger partial charge in [0.1, 0.15) is 5.82 Å². The van der Waals surface area contributed by atoms with E-state index in [1.54, 1.807) is 0 Å². The van der Waals surface area contributed by atoms with Crippen molar-refractivity contribution in [1.82, 2.24) is 15.2 Å². The number of nitrogens with zero attached hydrogens (tertiary/aromatic N) is 2. The van der Waals surface area contributed by atoms with Gasteiger partial charge in [0.05, 0.1) is 0 Å². The third-order valence-corrected chi connectivity index (χ3v) is 3.18. The van der Waals surface area contributed by atoms with Crippen LogP contribution in [0, 0.1) is 0 Å². The molecule has 0 amide bonds. The van der Waals surface area contributed by atoms with Crippen LogP contribution in [-0.4, -0.2) is 20.7 Å². The van der Waals surface area contributed by atoms with Gasteiger partial charge in [-0.05, 0) is 12.8 Å². The Morgan fingerprint density at radius 3 is 2.60 bits per heavy atom. The molecule has 1 aliphatic carbocycles. The van der Waals surface area contributed by atoms with Gasteiger partial charge in [0.25, 0.3) is 0 Å². The van der Waals surface area contributed by atoms with Crippen molar-refractivity contribution >= 4 is 0 Å². The average molecular weight is 208 g/mol. The second kappa shape index (κ2) is 3.93. The molecule has 0 aliphatic heterocycles. The van der Waals surface area contributed by atoms with Gasteiger partial charge in [-0.1, -0.05) is 26.7 Å². The lowest BCUT2D eigenvalue weighted by Gasteiger charge is -2.21. The molecular weight excluding hydrogens is 188 g/mol. The monoisotopic (exact) mass is 208 g/mol. The lowest BCUT2D eigenvalue weighted by molar-refractivity contribution is 0.427. The summed E-state index contributed by atoms with van der Waals surface area (Å²) in [6.07, 6.45) is 5.57. The molecule has 0 atom stereocenters. The minimum Gasteiger partial charge on any atom is -0.325 e. The van der Waals surface area contributed by atoms with Crippen molar-refractivity contribution in [2.75, 3.05) is 0 Å². The first-order chi connectivity index (χ1) is 7.09. The maximum absolute atomic E-state index is 6.29. The van der Waals surface area contributed by atoms with Crippen LogP contribution in [0.5, 0.6) is 0 Å². The van der Waals surface area contributed by atoms with Gasteiger partial charge < -0.3 is 5.73 Å². The number of H-pyrrole nitrogens is 1. The molecule has 15 heavy (non-hydrogen) atoms. The molecule has 4 heteroatoms. The lowest BCUT2D eigenvalue weighted by atomic mass is 9.94. The molecule has 3 N–H and O–H groups in total. The Labute approximate surface area is 90.7 Å². The first-order valence-electron chi connectivity index (χ1n) is 5.79. The van der Waals surface area contributed by atoms with Crippen LogP contribution in [0.3, 0.4) is 0 Å². The molecule has 4 nitrogen and oxygen atoms in total. The van der Waals surface area contributed by atoms with Crippen LogP contribution in [0.4, 0.5) is 0 Å². The Morgan fingerprint density at radius 1 is 1.40 bits per heavy atom. The predicted molar refractivity (Wildman–Crippen MR) is 59.6 cm³/mol. The molecule has 0 aromatic carbocycles. The number of nitrogens with one attached hydrogen (secondary N) is 1. The predicted octanol–water partition coefficient (Wildman–Crippen LogP) is 1.74. The summed E-state index contributed by atoms with van der Waals surface area (Å²) in [7, 11) is 0.